The molecule has 0 aliphatic rings. The summed E-state index contributed by atoms with van der Waals surface area (Å²) in [6.45, 7) is 2.07. The van der Waals surface area contributed by atoms with Gasteiger partial charge in [-0.2, -0.15) is 0 Å². The third-order valence-corrected chi connectivity index (χ3v) is 5.93. The Morgan fingerprint density at radius 1 is 1.59 bits per heavy atom. The Kier molecular flexibility index (Phi) is 4.28. The molecule has 8 heteroatoms. The predicted octanol–water partition coefficient (Wildman–Crippen LogP) is 5.14. The van der Waals surface area contributed by atoms with Crippen LogP contribution in [0.2, 0.25) is 5.15 Å². The van der Waals surface area contributed by atoms with E-state index in [1.807, 2.05) is 6.92 Å². The Bertz CT molecular complexity index is 848. The van der Waals surface area contributed by atoms with Crippen molar-refractivity contribution in [3.8, 4) is 0 Å². The van der Waals surface area contributed by atoms with Gasteiger partial charge in [-0.05, 0) is 47.2 Å². The Labute approximate surface area is 148 Å². The zero-order valence-corrected chi connectivity index (χ0v) is 15.1. The normalized spacial score (nSPS) is 11.0. The fraction of sp³-hybridized carbons (Fsp3) is 0.143. The third kappa shape index (κ3) is 2.80. The number of nitrogens with zero attached hydrogens (tertiary/aromatic N) is 2. The molecule has 0 saturated heterocycles. The number of furan rings is 1. The van der Waals surface area contributed by atoms with Crippen LogP contribution in [0, 0.1) is 9.81 Å². The van der Waals surface area contributed by atoms with Crippen molar-refractivity contribution < 1.29 is 14.3 Å². The van der Waals surface area contributed by atoms with Crippen molar-refractivity contribution in [2.75, 3.05) is 4.90 Å². The van der Waals surface area contributed by atoms with Crippen LogP contribution in [-0.4, -0.2) is 16.2 Å². The van der Waals surface area contributed by atoms with Crippen molar-refractivity contribution >= 4 is 67.5 Å². The van der Waals surface area contributed by atoms with Crippen molar-refractivity contribution in [3.05, 3.63) is 43.8 Å². The largest absolute Gasteiger partial charge is 0.467 e. The highest BCUT2D eigenvalue weighted by atomic mass is 127. The highest BCUT2D eigenvalue weighted by molar-refractivity contribution is 14.1. The van der Waals surface area contributed by atoms with Crippen LogP contribution in [0.5, 0.6) is 0 Å². The molecule has 3 aromatic heterocycles. The number of anilines is 1. The lowest BCUT2D eigenvalue weighted by molar-refractivity contribution is 0.201. The van der Waals surface area contributed by atoms with Crippen LogP contribution in [0.1, 0.15) is 11.3 Å². The van der Waals surface area contributed by atoms with Gasteiger partial charge in [0.1, 0.15) is 10.9 Å². The second-order valence-electron chi connectivity index (χ2n) is 4.59. The SMILES string of the molecule is Cc1c(I)sc2c(N(Cc3ccco3)C(=O)O)cc(Cl)nc12. The molecule has 1 amide bonds. The van der Waals surface area contributed by atoms with Crippen LogP contribution >= 0.6 is 45.5 Å². The van der Waals surface area contributed by atoms with Gasteiger partial charge in [-0.3, -0.25) is 4.90 Å². The van der Waals surface area contributed by atoms with E-state index in [9.17, 15) is 9.90 Å². The van der Waals surface area contributed by atoms with E-state index >= 15 is 0 Å². The summed E-state index contributed by atoms with van der Waals surface area (Å²) in [5.41, 5.74) is 2.27. The van der Waals surface area contributed by atoms with Crippen molar-refractivity contribution in [1.82, 2.24) is 4.98 Å². The fourth-order valence-corrected chi connectivity index (χ4v) is 4.22. The standard InChI is InChI=1S/C14H10ClIN2O3S/c1-7-11-12(22-13(7)16)9(5-10(15)17-11)18(14(19)20)6-8-3-2-4-21-8/h2-5H,6H2,1H3,(H,19,20). The summed E-state index contributed by atoms with van der Waals surface area (Å²) < 4.78 is 7.12. The molecule has 22 heavy (non-hydrogen) atoms. The Morgan fingerprint density at radius 3 is 3.00 bits per heavy atom. The molecule has 0 aliphatic heterocycles. The van der Waals surface area contributed by atoms with Crippen LogP contribution in [0.4, 0.5) is 10.5 Å². The average molecular weight is 449 g/mol. The lowest BCUT2D eigenvalue weighted by Crippen LogP contribution is -2.28. The Hall–Kier alpha value is -1.32. The fourth-order valence-electron chi connectivity index (χ4n) is 2.12. The van der Waals surface area contributed by atoms with Crippen LogP contribution < -0.4 is 4.90 Å². The molecule has 3 heterocycles. The maximum atomic E-state index is 11.7. The number of carbonyl (C=O) groups is 1. The summed E-state index contributed by atoms with van der Waals surface area (Å²) in [5, 5.41) is 9.84. The molecule has 0 bridgehead atoms. The molecule has 0 aromatic carbocycles. The summed E-state index contributed by atoms with van der Waals surface area (Å²) in [7, 11) is 0. The average Bonchev–Trinajstić information content (AvgIpc) is 3.06. The van der Waals surface area contributed by atoms with Crippen LogP contribution in [-0.2, 0) is 6.54 Å². The molecular formula is C14H10ClIN2O3S. The number of aryl methyl sites for hydroxylation is 1. The van der Waals surface area contributed by atoms with Crippen LogP contribution in [0.3, 0.4) is 0 Å². The maximum absolute atomic E-state index is 11.7. The summed E-state index contributed by atoms with van der Waals surface area (Å²) >= 11 is 9.81. The summed E-state index contributed by atoms with van der Waals surface area (Å²) in [6.07, 6.45) is 0.448. The summed E-state index contributed by atoms with van der Waals surface area (Å²) in [6, 6.07) is 5.04. The zero-order valence-electron chi connectivity index (χ0n) is 11.3. The molecule has 0 radical (unpaired) electrons. The van der Waals surface area contributed by atoms with Gasteiger partial charge in [0.05, 0.1) is 31.6 Å². The zero-order chi connectivity index (χ0) is 15.9. The number of hydrogen-bond donors (Lipinski definition) is 1. The number of amides is 1. The minimum atomic E-state index is -1.07. The first-order valence-electron chi connectivity index (χ1n) is 6.25. The van der Waals surface area contributed by atoms with Gasteiger partial charge in [0.15, 0.2) is 0 Å². The molecule has 0 spiro atoms. The Morgan fingerprint density at radius 2 is 2.36 bits per heavy atom. The molecule has 3 rings (SSSR count). The second-order valence-corrected chi connectivity index (χ2v) is 7.81. The van der Waals surface area contributed by atoms with E-state index in [0.717, 1.165) is 18.7 Å². The van der Waals surface area contributed by atoms with E-state index in [1.165, 1.54) is 22.5 Å². The lowest BCUT2D eigenvalue weighted by atomic mass is 10.2. The highest BCUT2D eigenvalue weighted by Gasteiger charge is 2.22. The topological polar surface area (TPSA) is 66.6 Å². The van der Waals surface area contributed by atoms with Gasteiger partial charge >= 0.3 is 6.09 Å². The first-order chi connectivity index (χ1) is 10.5. The number of pyridine rings is 1. The monoisotopic (exact) mass is 448 g/mol. The number of thiophene rings is 1. The van der Waals surface area contributed by atoms with Crippen molar-refractivity contribution in [2.24, 2.45) is 0 Å². The molecular weight excluding hydrogens is 439 g/mol. The van der Waals surface area contributed by atoms with Gasteiger partial charge in [0, 0.05) is 6.07 Å². The van der Waals surface area contributed by atoms with Gasteiger partial charge < -0.3 is 9.52 Å². The van der Waals surface area contributed by atoms with Crippen molar-refractivity contribution in [3.63, 3.8) is 0 Å². The smallest absolute Gasteiger partial charge is 0.412 e. The van der Waals surface area contributed by atoms with E-state index in [1.54, 1.807) is 18.2 Å². The molecule has 0 aliphatic carbocycles. The number of fused-ring (bicyclic) bond motifs is 1. The molecule has 114 valence electrons. The quantitative estimate of drug-likeness (QED) is 0.445. The number of carboxylic acid groups (broad SMARTS) is 1. The van der Waals surface area contributed by atoms with Gasteiger partial charge in [-0.15, -0.1) is 11.3 Å². The Balaban J connectivity index is 2.17. The summed E-state index contributed by atoms with van der Waals surface area (Å²) in [4.78, 5) is 17.2. The molecule has 0 fully saturated rings. The van der Waals surface area contributed by atoms with E-state index in [4.69, 9.17) is 16.0 Å². The molecule has 0 atom stereocenters. The summed E-state index contributed by atoms with van der Waals surface area (Å²) in [5.74, 6) is 0.562. The minimum absolute atomic E-state index is 0.116. The van der Waals surface area contributed by atoms with E-state index in [0.29, 0.717) is 11.4 Å². The van der Waals surface area contributed by atoms with Crippen LogP contribution in [0.15, 0.2) is 28.9 Å². The van der Waals surface area contributed by atoms with Gasteiger partial charge in [-0.1, -0.05) is 11.6 Å². The number of rotatable bonds is 3. The molecule has 0 unspecified atom stereocenters. The highest BCUT2D eigenvalue weighted by Crippen LogP contribution is 2.39. The van der Waals surface area contributed by atoms with Gasteiger partial charge in [0.25, 0.3) is 0 Å². The van der Waals surface area contributed by atoms with E-state index in [2.05, 4.69) is 27.6 Å². The second kappa shape index (κ2) is 6.05. The van der Waals surface area contributed by atoms with E-state index < -0.39 is 6.09 Å². The third-order valence-electron chi connectivity index (χ3n) is 3.18. The molecule has 0 saturated carbocycles. The first-order valence-corrected chi connectivity index (χ1v) is 8.52. The van der Waals surface area contributed by atoms with Gasteiger partial charge in [0.2, 0.25) is 0 Å². The predicted molar refractivity (Wildman–Crippen MR) is 95.0 cm³/mol. The molecule has 5 nitrogen and oxygen atoms in total. The molecule has 3 aromatic rings. The van der Waals surface area contributed by atoms with Crippen LogP contribution in [0.25, 0.3) is 10.2 Å². The first kappa shape index (κ1) is 15.6. The molecule has 1 N–H and O–H groups in total. The minimum Gasteiger partial charge on any atom is -0.467 e. The number of hydrogen-bond acceptors (Lipinski definition) is 4. The number of halogens is 2. The van der Waals surface area contributed by atoms with Gasteiger partial charge in [-0.25, -0.2) is 9.78 Å². The number of aromatic nitrogens is 1. The van der Waals surface area contributed by atoms with Crippen molar-refractivity contribution in [1.29, 1.82) is 0 Å². The maximum Gasteiger partial charge on any atom is 0.412 e. The van der Waals surface area contributed by atoms with E-state index in [-0.39, 0.29) is 11.7 Å². The van der Waals surface area contributed by atoms with Crippen molar-refractivity contribution in [2.45, 2.75) is 13.5 Å². The lowest BCUT2D eigenvalue weighted by Gasteiger charge is -2.19.